The fraction of sp³-hybridized carbons (Fsp3) is 0.526. The van der Waals surface area contributed by atoms with Crippen molar-refractivity contribution in [3.05, 3.63) is 29.8 Å². The first kappa shape index (κ1) is 19.9. The Morgan fingerprint density at radius 1 is 1.08 bits per heavy atom. The maximum Gasteiger partial charge on any atom is 0.303 e. The molecular formula is C19H26N2O5. The van der Waals surface area contributed by atoms with Gasteiger partial charge in [0.1, 0.15) is 0 Å². The zero-order valence-electron chi connectivity index (χ0n) is 15.2. The largest absolute Gasteiger partial charge is 0.481 e. The van der Waals surface area contributed by atoms with Crippen LogP contribution in [-0.4, -0.2) is 53.1 Å². The number of carboxylic acids is 1. The van der Waals surface area contributed by atoms with Crippen molar-refractivity contribution >= 4 is 23.5 Å². The number of hydrogen-bond acceptors (Lipinski definition) is 4. The van der Waals surface area contributed by atoms with E-state index in [-0.39, 0.29) is 36.9 Å². The molecule has 0 radical (unpaired) electrons. The van der Waals surface area contributed by atoms with Crippen LogP contribution in [0.2, 0.25) is 0 Å². The molecule has 0 aromatic heterocycles. The van der Waals surface area contributed by atoms with Gasteiger partial charge >= 0.3 is 5.97 Å². The Morgan fingerprint density at radius 3 is 2.23 bits per heavy atom. The number of benzene rings is 1. The van der Waals surface area contributed by atoms with Crippen LogP contribution in [0.3, 0.4) is 0 Å². The number of unbranched alkanes of at least 4 members (excludes halogenated alkanes) is 1. The summed E-state index contributed by atoms with van der Waals surface area (Å²) in [5.74, 6) is -1.06. The van der Waals surface area contributed by atoms with Crippen LogP contribution in [0.1, 0.15) is 49.9 Å². The standard InChI is InChI=1S/C19H26N2O5/c1-13-11-21(12-14(2)26-13)19(25)15-7-9-16(10-8-15)20-17(22)5-3-4-6-18(23)24/h7-10,13-14H,3-6,11-12H2,1-2H3,(H,20,22)(H,23,24). The molecule has 2 amide bonds. The van der Waals surface area contributed by atoms with Crippen molar-refractivity contribution in [3.63, 3.8) is 0 Å². The first-order valence-corrected chi connectivity index (χ1v) is 8.91. The number of anilines is 1. The first-order valence-electron chi connectivity index (χ1n) is 8.91. The second kappa shape index (κ2) is 9.33. The highest BCUT2D eigenvalue weighted by atomic mass is 16.5. The van der Waals surface area contributed by atoms with E-state index in [0.29, 0.717) is 37.2 Å². The van der Waals surface area contributed by atoms with Crippen LogP contribution in [0.25, 0.3) is 0 Å². The number of amides is 2. The molecule has 0 aliphatic carbocycles. The third-order valence-electron chi connectivity index (χ3n) is 4.17. The Labute approximate surface area is 153 Å². The minimum absolute atomic E-state index is 0.0161. The van der Waals surface area contributed by atoms with Gasteiger partial charge in [-0.1, -0.05) is 0 Å². The van der Waals surface area contributed by atoms with Crippen molar-refractivity contribution in [1.29, 1.82) is 0 Å². The summed E-state index contributed by atoms with van der Waals surface area (Å²) < 4.78 is 5.64. The molecule has 1 heterocycles. The normalized spacial score (nSPS) is 19.8. The molecule has 1 aliphatic heterocycles. The highest BCUT2D eigenvalue weighted by molar-refractivity contribution is 5.96. The Kier molecular flexibility index (Phi) is 7.15. The Balaban J connectivity index is 1.84. The van der Waals surface area contributed by atoms with E-state index in [1.54, 1.807) is 29.2 Å². The fourth-order valence-electron chi connectivity index (χ4n) is 3.01. The maximum atomic E-state index is 12.6. The van der Waals surface area contributed by atoms with Gasteiger partial charge in [-0.05, 0) is 51.0 Å². The lowest BCUT2D eigenvalue weighted by Crippen LogP contribution is -2.48. The van der Waals surface area contributed by atoms with Crippen LogP contribution in [0.15, 0.2) is 24.3 Å². The highest BCUT2D eigenvalue weighted by Gasteiger charge is 2.26. The van der Waals surface area contributed by atoms with Gasteiger partial charge < -0.3 is 20.1 Å². The number of carboxylic acid groups (broad SMARTS) is 1. The Bertz CT molecular complexity index is 634. The number of ether oxygens (including phenoxy) is 1. The third kappa shape index (κ3) is 6.15. The molecule has 142 valence electrons. The van der Waals surface area contributed by atoms with Gasteiger partial charge in [0, 0.05) is 37.2 Å². The zero-order chi connectivity index (χ0) is 19.1. The van der Waals surface area contributed by atoms with E-state index in [9.17, 15) is 14.4 Å². The summed E-state index contributed by atoms with van der Waals surface area (Å²) in [6.45, 7) is 5.03. The van der Waals surface area contributed by atoms with Gasteiger partial charge in [-0.15, -0.1) is 0 Å². The minimum Gasteiger partial charge on any atom is -0.481 e. The number of aliphatic carboxylic acids is 1. The smallest absolute Gasteiger partial charge is 0.303 e. The molecule has 1 aliphatic rings. The number of carbonyl (C=O) groups excluding carboxylic acids is 2. The SMILES string of the molecule is CC1CN(C(=O)c2ccc(NC(=O)CCCCC(=O)O)cc2)CC(C)O1. The second-order valence-corrected chi connectivity index (χ2v) is 6.69. The van der Waals surface area contributed by atoms with Crippen molar-refractivity contribution in [2.45, 2.75) is 51.7 Å². The predicted molar refractivity (Wildman–Crippen MR) is 97.1 cm³/mol. The number of morpholine rings is 1. The Hall–Kier alpha value is -2.41. The van der Waals surface area contributed by atoms with Crippen LogP contribution < -0.4 is 5.32 Å². The van der Waals surface area contributed by atoms with Crippen LogP contribution in [-0.2, 0) is 14.3 Å². The second-order valence-electron chi connectivity index (χ2n) is 6.69. The number of nitrogens with zero attached hydrogens (tertiary/aromatic N) is 1. The van der Waals surface area contributed by atoms with Crippen molar-refractivity contribution in [1.82, 2.24) is 4.90 Å². The molecule has 0 saturated carbocycles. The lowest BCUT2D eigenvalue weighted by atomic mass is 10.1. The number of hydrogen-bond donors (Lipinski definition) is 2. The molecular weight excluding hydrogens is 336 g/mol. The maximum absolute atomic E-state index is 12.6. The zero-order valence-corrected chi connectivity index (χ0v) is 15.2. The summed E-state index contributed by atoms with van der Waals surface area (Å²) >= 11 is 0. The number of nitrogens with one attached hydrogen (secondary N) is 1. The minimum atomic E-state index is -0.852. The summed E-state index contributed by atoms with van der Waals surface area (Å²) in [6, 6.07) is 6.81. The van der Waals surface area contributed by atoms with Gasteiger partial charge in [-0.3, -0.25) is 14.4 Å². The molecule has 0 spiro atoms. The van der Waals surface area contributed by atoms with E-state index in [0.717, 1.165) is 0 Å². The molecule has 2 unspecified atom stereocenters. The molecule has 1 aromatic carbocycles. The van der Waals surface area contributed by atoms with E-state index in [2.05, 4.69) is 5.32 Å². The molecule has 2 atom stereocenters. The summed E-state index contributed by atoms with van der Waals surface area (Å²) in [4.78, 5) is 36.7. The monoisotopic (exact) mass is 362 g/mol. The summed E-state index contributed by atoms with van der Waals surface area (Å²) in [5.41, 5.74) is 1.19. The topological polar surface area (TPSA) is 95.9 Å². The molecule has 7 heteroatoms. The first-order chi connectivity index (χ1) is 12.3. The van der Waals surface area contributed by atoms with Crippen molar-refractivity contribution in [2.75, 3.05) is 18.4 Å². The van der Waals surface area contributed by atoms with Crippen LogP contribution in [0.4, 0.5) is 5.69 Å². The van der Waals surface area contributed by atoms with E-state index >= 15 is 0 Å². The van der Waals surface area contributed by atoms with Crippen molar-refractivity contribution in [3.8, 4) is 0 Å². The van der Waals surface area contributed by atoms with E-state index in [1.807, 2.05) is 13.8 Å². The van der Waals surface area contributed by atoms with Crippen LogP contribution in [0, 0.1) is 0 Å². The van der Waals surface area contributed by atoms with Gasteiger partial charge in [-0.2, -0.15) is 0 Å². The van der Waals surface area contributed by atoms with Gasteiger partial charge in [0.2, 0.25) is 5.91 Å². The number of rotatable bonds is 7. The lowest BCUT2D eigenvalue weighted by Gasteiger charge is -2.35. The van der Waals surface area contributed by atoms with Gasteiger partial charge in [-0.25, -0.2) is 0 Å². The predicted octanol–water partition coefficient (Wildman–Crippen LogP) is 2.52. The summed E-state index contributed by atoms with van der Waals surface area (Å²) in [5, 5.41) is 11.3. The average molecular weight is 362 g/mol. The Morgan fingerprint density at radius 2 is 1.65 bits per heavy atom. The van der Waals surface area contributed by atoms with Crippen LogP contribution in [0.5, 0.6) is 0 Å². The van der Waals surface area contributed by atoms with E-state index < -0.39 is 5.97 Å². The lowest BCUT2D eigenvalue weighted by molar-refractivity contribution is -0.137. The van der Waals surface area contributed by atoms with Gasteiger partial charge in [0.05, 0.1) is 12.2 Å². The molecule has 1 fully saturated rings. The highest BCUT2D eigenvalue weighted by Crippen LogP contribution is 2.16. The quantitative estimate of drug-likeness (QED) is 0.727. The van der Waals surface area contributed by atoms with E-state index in [4.69, 9.17) is 9.84 Å². The van der Waals surface area contributed by atoms with Gasteiger partial charge in [0.15, 0.2) is 0 Å². The molecule has 1 saturated heterocycles. The molecule has 2 rings (SSSR count). The third-order valence-corrected chi connectivity index (χ3v) is 4.17. The van der Waals surface area contributed by atoms with E-state index in [1.165, 1.54) is 0 Å². The van der Waals surface area contributed by atoms with Crippen LogP contribution >= 0.6 is 0 Å². The van der Waals surface area contributed by atoms with Gasteiger partial charge in [0.25, 0.3) is 5.91 Å². The molecule has 2 N–H and O–H groups in total. The molecule has 26 heavy (non-hydrogen) atoms. The van der Waals surface area contributed by atoms with Crippen molar-refractivity contribution < 1.29 is 24.2 Å². The fourth-order valence-corrected chi connectivity index (χ4v) is 3.01. The summed E-state index contributed by atoms with van der Waals surface area (Å²) in [6.07, 6.45) is 1.39. The summed E-state index contributed by atoms with van der Waals surface area (Å²) in [7, 11) is 0. The molecule has 7 nitrogen and oxygen atoms in total. The number of carbonyl (C=O) groups is 3. The molecule has 0 bridgehead atoms. The average Bonchev–Trinajstić information content (AvgIpc) is 2.58. The van der Waals surface area contributed by atoms with Crippen molar-refractivity contribution in [2.24, 2.45) is 0 Å². The molecule has 1 aromatic rings.